The van der Waals surface area contributed by atoms with E-state index in [0.29, 0.717) is 17.2 Å². The van der Waals surface area contributed by atoms with Gasteiger partial charge in [-0.25, -0.2) is 18.4 Å². The number of carbonyl (C=O) groups excluding carboxylic acids is 1. The first-order valence-corrected chi connectivity index (χ1v) is 6.36. The average Bonchev–Trinajstić information content (AvgIpc) is 2.46. The van der Waals surface area contributed by atoms with E-state index in [9.17, 15) is 13.2 Å². The second-order valence-electron chi connectivity index (χ2n) is 2.70. The molecule has 1 heterocycles. The first kappa shape index (κ1) is 12.1. The summed E-state index contributed by atoms with van der Waals surface area (Å²) in [5.74, 6) is -0.715. The Balaban J connectivity index is 3.28. The highest BCUT2D eigenvalue weighted by molar-refractivity contribution is 7.91. The van der Waals surface area contributed by atoms with Crippen molar-refractivity contribution in [3.63, 3.8) is 0 Å². The van der Waals surface area contributed by atoms with Crippen LogP contribution in [0.15, 0.2) is 4.21 Å². The molecule has 2 N–H and O–H groups in total. The van der Waals surface area contributed by atoms with Gasteiger partial charge in [0.1, 0.15) is 5.56 Å². The third-order valence-electron chi connectivity index (χ3n) is 1.57. The number of rotatable bonds is 3. The van der Waals surface area contributed by atoms with Gasteiger partial charge in [-0.1, -0.05) is 0 Å². The minimum absolute atomic E-state index is 0.0654. The second kappa shape index (κ2) is 4.25. The zero-order chi connectivity index (χ0) is 11.6. The van der Waals surface area contributed by atoms with E-state index < -0.39 is 16.0 Å². The Hall–Kier alpha value is -0.990. The standard InChI is InChI=1S/C7H10N2O4S2/c1-3-13-6(10)5-4(2)9-14-7(5)15(8,11)12/h3H2,1-2H3,(H2,8,11,12). The molecule has 0 unspecified atom stereocenters. The maximum absolute atomic E-state index is 11.4. The van der Waals surface area contributed by atoms with Crippen LogP contribution in [0.4, 0.5) is 0 Å². The number of aromatic nitrogens is 1. The molecule has 15 heavy (non-hydrogen) atoms. The highest BCUT2D eigenvalue weighted by atomic mass is 32.2. The summed E-state index contributed by atoms with van der Waals surface area (Å²) >= 11 is 0.673. The van der Waals surface area contributed by atoms with Crippen molar-refractivity contribution in [3.8, 4) is 0 Å². The van der Waals surface area contributed by atoms with Gasteiger partial charge in [0.2, 0.25) is 10.0 Å². The Morgan fingerprint density at radius 2 is 2.20 bits per heavy atom. The monoisotopic (exact) mass is 250 g/mol. The third kappa shape index (κ3) is 2.52. The lowest BCUT2D eigenvalue weighted by molar-refractivity contribution is 0.0522. The predicted molar refractivity (Wildman–Crippen MR) is 54.2 cm³/mol. The number of nitrogens with zero attached hydrogens (tertiary/aromatic N) is 1. The fraction of sp³-hybridized carbons (Fsp3) is 0.429. The van der Waals surface area contributed by atoms with Gasteiger partial charge in [0.05, 0.1) is 12.3 Å². The maximum atomic E-state index is 11.4. The van der Waals surface area contributed by atoms with Crippen molar-refractivity contribution in [2.75, 3.05) is 6.61 Å². The van der Waals surface area contributed by atoms with Crippen molar-refractivity contribution < 1.29 is 17.9 Å². The summed E-state index contributed by atoms with van der Waals surface area (Å²) in [5.41, 5.74) is 0.242. The van der Waals surface area contributed by atoms with Gasteiger partial charge in [0.25, 0.3) is 0 Å². The molecule has 0 atom stereocenters. The zero-order valence-corrected chi connectivity index (χ0v) is 9.81. The van der Waals surface area contributed by atoms with Crippen LogP contribution >= 0.6 is 11.5 Å². The fourth-order valence-electron chi connectivity index (χ4n) is 0.977. The van der Waals surface area contributed by atoms with Crippen molar-refractivity contribution in [2.24, 2.45) is 5.14 Å². The molecule has 1 aromatic rings. The molecule has 0 saturated heterocycles. The van der Waals surface area contributed by atoms with E-state index in [1.165, 1.54) is 6.92 Å². The molecule has 6 nitrogen and oxygen atoms in total. The molecule has 1 rings (SSSR count). The van der Waals surface area contributed by atoms with Crippen molar-refractivity contribution >= 4 is 27.5 Å². The Kier molecular flexibility index (Phi) is 3.42. The molecule has 0 aromatic carbocycles. The molecule has 8 heteroatoms. The fourth-order valence-corrected chi connectivity index (χ4v) is 2.65. The van der Waals surface area contributed by atoms with E-state index in [1.807, 2.05) is 0 Å². The van der Waals surface area contributed by atoms with E-state index in [-0.39, 0.29) is 16.4 Å². The molecule has 1 aromatic heterocycles. The minimum Gasteiger partial charge on any atom is -0.462 e. The lowest BCUT2D eigenvalue weighted by Crippen LogP contribution is -2.16. The van der Waals surface area contributed by atoms with Gasteiger partial charge in [-0.2, -0.15) is 4.37 Å². The molecule has 0 amide bonds. The van der Waals surface area contributed by atoms with E-state index >= 15 is 0 Å². The number of hydrogen-bond donors (Lipinski definition) is 1. The lowest BCUT2D eigenvalue weighted by Gasteiger charge is -2.01. The summed E-state index contributed by atoms with van der Waals surface area (Å²) in [5, 5.41) is 4.94. The number of nitrogens with two attached hydrogens (primary N) is 1. The molecular formula is C7H10N2O4S2. The molecule has 0 aliphatic rings. The predicted octanol–water partition coefficient (Wildman–Crippen LogP) is 0.276. The Morgan fingerprint density at radius 3 is 2.67 bits per heavy atom. The largest absolute Gasteiger partial charge is 0.462 e. The first-order valence-electron chi connectivity index (χ1n) is 4.04. The van der Waals surface area contributed by atoms with Crippen LogP contribution in [0.3, 0.4) is 0 Å². The third-order valence-corrected chi connectivity index (χ3v) is 3.95. The molecule has 0 fully saturated rings. The summed E-state index contributed by atoms with van der Waals surface area (Å²) < 4.78 is 30.5. The van der Waals surface area contributed by atoms with E-state index in [1.54, 1.807) is 6.92 Å². The number of hydrogen-bond acceptors (Lipinski definition) is 6. The van der Waals surface area contributed by atoms with Crippen LogP contribution in [0.2, 0.25) is 0 Å². The van der Waals surface area contributed by atoms with Crippen molar-refractivity contribution in [1.82, 2.24) is 4.37 Å². The number of primary sulfonamides is 1. The summed E-state index contributed by atoms with van der Waals surface area (Å²) in [6.45, 7) is 3.32. The van der Waals surface area contributed by atoms with Gasteiger partial charge in [-0.3, -0.25) is 0 Å². The summed E-state index contributed by atoms with van der Waals surface area (Å²) in [7, 11) is -3.92. The van der Waals surface area contributed by atoms with Crippen LogP contribution in [0, 0.1) is 6.92 Å². The second-order valence-corrected chi connectivity index (χ2v) is 5.23. The summed E-state index contributed by atoms with van der Waals surface area (Å²) in [6, 6.07) is 0. The van der Waals surface area contributed by atoms with Crippen molar-refractivity contribution in [3.05, 3.63) is 11.3 Å². The number of ether oxygens (including phenoxy) is 1. The quantitative estimate of drug-likeness (QED) is 0.776. The molecular weight excluding hydrogens is 240 g/mol. The van der Waals surface area contributed by atoms with E-state index in [0.717, 1.165) is 0 Å². The van der Waals surface area contributed by atoms with Crippen LogP contribution in [-0.2, 0) is 14.8 Å². The van der Waals surface area contributed by atoms with E-state index in [4.69, 9.17) is 9.88 Å². The number of sulfonamides is 1. The Morgan fingerprint density at radius 1 is 1.60 bits per heavy atom. The number of aryl methyl sites for hydroxylation is 1. The van der Waals surface area contributed by atoms with E-state index in [2.05, 4.69) is 4.37 Å². The van der Waals surface area contributed by atoms with Gasteiger partial charge < -0.3 is 4.74 Å². The number of carbonyl (C=O) groups is 1. The van der Waals surface area contributed by atoms with Gasteiger partial charge in [0, 0.05) is 0 Å². The molecule has 0 saturated carbocycles. The van der Waals surface area contributed by atoms with Crippen molar-refractivity contribution in [1.29, 1.82) is 0 Å². The van der Waals surface area contributed by atoms with Crippen LogP contribution in [-0.4, -0.2) is 25.4 Å². The maximum Gasteiger partial charge on any atom is 0.342 e. The smallest absolute Gasteiger partial charge is 0.342 e. The molecule has 84 valence electrons. The van der Waals surface area contributed by atoms with Crippen LogP contribution in [0.25, 0.3) is 0 Å². The molecule has 0 radical (unpaired) electrons. The molecule has 0 bridgehead atoms. The topological polar surface area (TPSA) is 99.3 Å². The van der Waals surface area contributed by atoms with Gasteiger partial charge >= 0.3 is 5.97 Å². The van der Waals surface area contributed by atoms with Gasteiger partial charge in [-0.05, 0) is 25.4 Å². The zero-order valence-electron chi connectivity index (χ0n) is 8.18. The molecule has 0 aliphatic heterocycles. The van der Waals surface area contributed by atoms with Gasteiger partial charge in [-0.15, -0.1) is 0 Å². The summed E-state index contributed by atoms with van der Waals surface area (Å²) in [4.78, 5) is 11.4. The normalized spacial score (nSPS) is 11.4. The van der Waals surface area contributed by atoms with Crippen LogP contribution < -0.4 is 5.14 Å². The van der Waals surface area contributed by atoms with Crippen molar-refractivity contribution in [2.45, 2.75) is 18.1 Å². The Labute approximate surface area is 91.3 Å². The average molecular weight is 250 g/mol. The molecule has 0 aliphatic carbocycles. The van der Waals surface area contributed by atoms with Gasteiger partial charge in [0.15, 0.2) is 4.21 Å². The first-order chi connectivity index (χ1) is 6.88. The lowest BCUT2D eigenvalue weighted by atomic mass is 10.3. The number of esters is 1. The SMILES string of the molecule is CCOC(=O)c1c(C)nsc1S(N)(=O)=O. The Bertz CT molecular complexity index is 477. The highest BCUT2D eigenvalue weighted by Gasteiger charge is 2.26. The highest BCUT2D eigenvalue weighted by Crippen LogP contribution is 2.23. The molecule has 0 spiro atoms. The van der Waals surface area contributed by atoms with Crippen LogP contribution in [0.5, 0.6) is 0 Å². The summed E-state index contributed by atoms with van der Waals surface area (Å²) in [6.07, 6.45) is 0. The minimum atomic E-state index is -3.92. The van der Waals surface area contributed by atoms with Crippen LogP contribution in [0.1, 0.15) is 23.0 Å².